The predicted molar refractivity (Wildman–Crippen MR) is 72.1 cm³/mol. The number of nitrogens with one attached hydrogen (secondary N) is 1. The molecule has 1 rings (SSSR count). The number of guanidine groups is 1. The van der Waals surface area contributed by atoms with Crippen LogP contribution in [0.15, 0.2) is 4.99 Å². The van der Waals surface area contributed by atoms with Crippen molar-refractivity contribution in [2.24, 2.45) is 22.1 Å². The van der Waals surface area contributed by atoms with Crippen molar-refractivity contribution in [2.45, 2.75) is 39.5 Å². The predicted octanol–water partition coefficient (Wildman–Crippen LogP) is 1.75. The first-order valence-electron chi connectivity index (χ1n) is 6.61. The fraction of sp³-hybridized carbons (Fsp3) is 0.923. The van der Waals surface area contributed by atoms with Crippen molar-refractivity contribution in [3.05, 3.63) is 0 Å². The van der Waals surface area contributed by atoms with Crippen LogP contribution in [0.4, 0.5) is 0 Å². The van der Waals surface area contributed by atoms with E-state index in [9.17, 15) is 0 Å². The lowest BCUT2D eigenvalue weighted by atomic mass is 9.64. The smallest absolute Gasteiger partial charge is 0.188 e. The van der Waals surface area contributed by atoms with Crippen molar-refractivity contribution < 1.29 is 4.74 Å². The molecule has 0 aromatic heterocycles. The van der Waals surface area contributed by atoms with Crippen LogP contribution in [0, 0.1) is 11.3 Å². The molecule has 100 valence electrons. The zero-order chi connectivity index (χ0) is 12.7. The van der Waals surface area contributed by atoms with Crippen LogP contribution in [0.2, 0.25) is 0 Å². The second-order valence-corrected chi connectivity index (χ2v) is 5.57. The maximum atomic E-state index is 5.81. The van der Waals surface area contributed by atoms with E-state index in [0.717, 1.165) is 19.0 Å². The maximum absolute atomic E-state index is 5.81. The number of aliphatic imine (C=N–C) groups is 1. The molecule has 3 N–H and O–H groups in total. The normalized spacial score (nSPS) is 19.2. The van der Waals surface area contributed by atoms with Gasteiger partial charge in [-0.2, -0.15) is 0 Å². The Morgan fingerprint density at radius 1 is 1.47 bits per heavy atom. The monoisotopic (exact) mass is 241 g/mol. The van der Waals surface area contributed by atoms with Gasteiger partial charge >= 0.3 is 0 Å². The number of hydrogen-bond acceptors (Lipinski definition) is 2. The molecule has 4 nitrogen and oxygen atoms in total. The minimum absolute atomic E-state index is 0.432. The molecule has 0 saturated heterocycles. The van der Waals surface area contributed by atoms with Crippen LogP contribution in [-0.4, -0.2) is 32.8 Å². The Labute approximate surface area is 105 Å². The first-order valence-corrected chi connectivity index (χ1v) is 6.61. The zero-order valence-corrected chi connectivity index (χ0v) is 11.5. The summed E-state index contributed by atoms with van der Waals surface area (Å²) in [5.41, 5.74) is 6.25. The molecular weight excluding hydrogens is 214 g/mol. The van der Waals surface area contributed by atoms with E-state index >= 15 is 0 Å². The van der Waals surface area contributed by atoms with Gasteiger partial charge < -0.3 is 15.8 Å². The van der Waals surface area contributed by atoms with E-state index in [0.29, 0.717) is 18.0 Å². The van der Waals surface area contributed by atoms with Crippen molar-refractivity contribution in [3.8, 4) is 0 Å². The number of rotatable bonds is 7. The van der Waals surface area contributed by atoms with Crippen LogP contribution in [0.5, 0.6) is 0 Å². The standard InChI is InChI=1S/C13H27N3O/c1-11(2)9-13(5-4-6-13)10-16-12(14)15-7-8-17-3/h11H,4-10H2,1-3H3,(H3,14,15,16). The summed E-state index contributed by atoms with van der Waals surface area (Å²) in [5, 5.41) is 3.06. The molecule has 1 aliphatic rings. The van der Waals surface area contributed by atoms with E-state index in [2.05, 4.69) is 24.2 Å². The van der Waals surface area contributed by atoms with E-state index in [1.165, 1.54) is 25.7 Å². The van der Waals surface area contributed by atoms with Crippen molar-refractivity contribution in [1.29, 1.82) is 0 Å². The van der Waals surface area contributed by atoms with Gasteiger partial charge in [0.1, 0.15) is 0 Å². The average molecular weight is 241 g/mol. The summed E-state index contributed by atoms with van der Waals surface area (Å²) in [7, 11) is 1.68. The Hall–Kier alpha value is -0.770. The highest BCUT2D eigenvalue weighted by molar-refractivity contribution is 5.77. The van der Waals surface area contributed by atoms with Crippen LogP contribution in [0.25, 0.3) is 0 Å². The quantitative estimate of drug-likeness (QED) is 0.405. The Bertz CT molecular complexity index is 247. The molecule has 0 heterocycles. The van der Waals surface area contributed by atoms with Crippen LogP contribution in [0.1, 0.15) is 39.5 Å². The molecule has 0 bridgehead atoms. The van der Waals surface area contributed by atoms with Gasteiger partial charge in [0, 0.05) is 20.2 Å². The van der Waals surface area contributed by atoms with Gasteiger partial charge in [-0.1, -0.05) is 20.3 Å². The Balaban J connectivity index is 2.33. The summed E-state index contributed by atoms with van der Waals surface area (Å²) in [5.74, 6) is 1.30. The third kappa shape index (κ3) is 4.94. The summed E-state index contributed by atoms with van der Waals surface area (Å²) in [4.78, 5) is 4.47. The molecule has 1 fully saturated rings. The average Bonchev–Trinajstić information content (AvgIpc) is 2.22. The largest absolute Gasteiger partial charge is 0.383 e. The molecule has 0 radical (unpaired) electrons. The number of ether oxygens (including phenoxy) is 1. The highest BCUT2D eigenvalue weighted by Gasteiger charge is 2.37. The van der Waals surface area contributed by atoms with Gasteiger partial charge in [0.25, 0.3) is 0 Å². The van der Waals surface area contributed by atoms with E-state index < -0.39 is 0 Å². The van der Waals surface area contributed by atoms with Crippen molar-refractivity contribution >= 4 is 5.96 Å². The third-order valence-electron chi connectivity index (χ3n) is 3.45. The molecule has 1 aliphatic carbocycles. The molecule has 17 heavy (non-hydrogen) atoms. The molecule has 0 amide bonds. The summed E-state index contributed by atoms with van der Waals surface area (Å²) in [6.45, 7) is 6.82. The Morgan fingerprint density at radius 2 is 2.18 bits per heavy atom. The van der Waals surface area contributed by atoms with Crippen LogP contribution >= 0.6 is 0 Å². The fourth-order valence-electron chi connectivity index (χ4n) is 2.56. The molecule has 0 atom stereocenters. The number of hydrogen-bond donors (Lipinski definition) is 2. The van der Waals surface area contributed by atoms with Crippen molar-refractivity contribution in [2.75, 3.05) is 26.8 Å². The fourth-order valence-corrected chi connectivity index (χ4v) is 2.56. The molecule has 0 aromatic carbocycles. The first-order chi connectivity index (χ1) is 8.08. The Kier molecular flexibility index (Phi) is 5.75. The van der Waals surface area contributed by atoms with E-state index in [1.807, 2.05) is 0 Å². The molecular formula is C13H27N3O. The van der Waals surface area contributed by atoms with Crippen LogP contribution < -0.4 is 11.1 Å². The van der Waals surface area contributed by atoms with E-state index in [1.54, 1.807) is 7.11 Å². The van der Waals surface area contributed by atoms with Gasteiger partial charge in [-0.15, -0.1) is 0 Å². The third-order valence-corrected chi connectivity index (χ3v) is 3.45. The highest BCUT2D eigenvalue weighted by Crippen LogP contribution is 2.46. The minimum atomic E-state index is 0.432. The minimum Gasteiger partial charge on any atom is -0.383 e. The van der Waals surface area contributed by atoms with E-state index in [4.69, 9.17) is 10.5 Å². The topological polar surface area (TPSA) is 59.6 Å². The molecule has 1 saturated carbocycles. The SMILES string of the molecule is COCCNC(N)=NCC1(CC(C)C)CCC1. The van der Waals surface area contributed by atoms with Gasteiger partial charge in [0.15, 0.2) is 5.96 Å². The van der Waals surface area contributed by atoms with Gasteiger partial charge in [-0.3, -0.25) is 4.99 Å². The van der Waals surface area contributed by atoms with Gasteiger partial charge in [-0.25, -0.2) is 0 Å². The van der Waals surface area contributed by atoms with Gasteiger partial charge in [0.05, 0.1) is 6.61 Å². The molecule has 0 aliphatic heterocycles. The summed E-state index contributed by atoms with van der Waals surface area (Å²) in [6.07, 6.45) is 5.22. The van der Waals surface area contributed by atoms with Crippen LogP contribution in [0.3, 0.4) is 0 Å². The number of nitrogens with two attached hydrogens (primary N) is 1. The number of nitrogens with zero attached hydrogens (tertiary/aromatic N) is 1. The van der Waals surface area contributed by atoms with Crippen LogP contribution in [-0.2, 0) is 4.74 Å². The second-order valence-electron chi connectivity index (χ2n) is 5.57. The first kappa shape index (κ1) is 14.3. The highest BCUT2D eigenvalue weighted by atomic mass is 16.5. The molecule has 4 heteroatoms. The maximum Gasteiger partial charge on any atom is 0.188 e. The molecule has 0 aromatic rings. The summed E-state index contributed by atoms with van der Waals surface area (Å²) >= 11 is 0. The van der Waals surface area contributed by atoms with Gasteiger partial charge in [-0.05, 0) is 30.6 Å². The van der Waals surface area contributed by atoms with E-state index in [-0.39, 0.29) is 0 Å². The Morgan fingerprint density at radius 3 is 2.65 bits per heavy atom. The van der Waals surface area contributed by atoms with Crippen molar-refractivity contribution in [3.63, 3.8) is 0 Å². The zero-order valence-electron chi connectivity index (χ0n) is 11.5. The van der Waals surface area contributed by atoms with Gasteiger partial charge in [0.2, 0.25) is 0 Å². The second kappa shape index (κ2) is 6.84. The van der Waals surface area contributed by atoms with Crippen molar-refractivity contribution in [1.82, 2.24) is 5.32 Å². The lowest BCUT2D eigenvalue weighted by Crippen LogP contribution is -2.38. The molecule has 0 spiro atoms. The lowest BCUT2D eigenvalue weighted by Gasteiger charge is -2.42. The summed E-state index contributed by atoms with van der Waals surface area (Å²) in [6, 6.07) is 0. The summed E-state index contributed by atoms with van der Waals surface area (Å²) < 4.78 is 4.95. The molecule has 0 unspecified atom stereocenters. The lowest BCUT2D eigenvalue weighted by molar-refractivity contribution is 0.111. The number of methoxy groups -OCH3 is 1.